The topological polar surface area (TPSA) is 58.3 Å². The van der Waals surface area contributed by atoms with E-state index in [1.54, 1.807) is 6.20 Å². The van der Waals surface area contributed by atoms with Crippen molar-refractivity contribution in [3.05, 3.63) is 26.7 Å². The minimum absolute atomic E-state index is 0.0658. The highest BCUT2D eigenvalue weighted by Gasteiger charge is 2.32. The standard InChI is InChI=1S/C21H36BrN3O3Si2/c1-29(2,3)11-9-27-14-24-17-13-23-25(15-28-10-12-30(4,5)6)21(26)19(17)18(20(24)22)16-7-8-16/h13,16H,7-12,14-15H2,1-6H3. The summed E-state index contributed by atoms with van der Waals surface area (Å²) in [5.74, 6) is 0.446. The molecule has 1 saturated carbocycles. The zero-order chi connectivity index (χ0) is 22.1. The lowest BCUT2D eigenvalue weighted by molar-refractivity contribution is 0.0752. The van der Waals surface area contributed by atoms with Gasteiger partial charge in [0.2, 0.25) is 0 Å². The molecule has 2 aromatic rings. The van der Waals surface area contributed by atoms with Gasteiger partial charge in [0.05, 0.1) is 21.7 Å². The lowest BCUT2D eigenvalue weighted by Crippen LogP contribution is -2.26. The van der Waals surface area contributed by atoms with Crippen LogP contribution in [0.2, 0.25) is 51.4 Å². The van der Waals surface area contributed by atoms with Crippen LogP contribution in [0.15, 0.2) is 15.6 Å². The molecule has 30 heavy (non-hydrogen) atoms. The Morgan fingerprint density at radius 3 is 2.13 bits per heavy atom. The first kappa shape index (κ1) is 23.9. The van der Waals surface area contributed by atoms with Crippen LogP contribution in [0.3, 0.4) is 0 Å². The minimum atomic E-state index is -1.15. The number of ether oxygens (including phenoxy) is 2. The van der Waals surface area contributed by atoms with Crippen LogP contribution in [0.4, 0.5) is 0 Å². The lowest BCUT2D eigenvalue weighted by atomic mass is 10.1. The lowest BCUT2D eigenvalue weighted by Gasteiger charge is -2.16. The van der Waals surface area contributed by atoms with Gasteiger partial charge >= 0.3 is 0 Å². The molecule has 9 heteroatoms. The molecule has 0 N–H and O–H groups in total. The largest absolute Gasteiger partial charge is 0.361 e. The highest BCUT2D eigenvalue weighted by atomic mass is 79.9. The van der Waals surface area contributed by atoms with Crippen molar-refractivity contribution < 1.29 is 9.47 Å². The second-order valence-corrected chi connectivity index (χ2v) is 22.8. The molecule has 1 aliphatic rings. The third kappa shape index (κ3) is 6.15. The highest BCUT2D eigenvalue weighted by Crippen LogP contribution is 2.46. The van der Waals surface area contributed by atoms with Crippen LogP contribution in [0.1, 0.15) is 24.3 Å². The van der Waals surface area contributed by atoms with Crippen LogP contribution in [0, 0.1) is 0 Å². The summed E-state index contributed by atoms with van der Waals surface area (Å²) in [5, 5.41) is 5.17. The number of hydrogen-bond donors (Lipinski definition) is 0. The van der Waals surface area contributed by atoms with E-state index in [-0.39, 0.29) is 12.3 Å². The SMILES string of the molecule is C[Si](C)(C)CCOCn1ncc2c(c(C3CC3)c(Br)n2COCC[Si](C)(C)C)c1=O. The molecule has 0 saturated heterocycles. The van der Waals surface area contributed by atoms with Gasteiger partial charge in [0.25, 0.3) is 5.56 Å². The van der Waals surface area contributed by atoms with Gasteiger partial charge in [0.15, 0.2) is 0 Å². The summed E-state index contributed by atoms with van der Waals surface area (Å²) in [7, 11) is -2.29. The molecule has 3 rings (SSSR count). The molecule has 2 aromatic heterocycles. The Labute approximate surface area is 190 Å². The van der Waals surface area contributed by atoms with Gasteiger partial charge in [-0.25, -0.2) is 4.68 Å². The number of aromatic nitrogens is 3. The van der Waals surface area contributed by atoms with Crippen LogP contribution in [-0.4, -0.2) is 43.7 Å². The Balaban J connectivity index is 1.81. The van der Waals surface area contributed by atoms with E-state index in [0.29, 0.717) is 19.3 Å². The van der Waals surface area contributed by atoms with Gasteiger partial charge in [-0.3, -0.25) is 4.79 Å². The van der Waals surface area contributed by atoms with Crippen molar-refractivity contribution in [1.29, 1.82) is 0 Å². The number of hydrogen-bond acceptors (Lipinski definition) is 4. The quantitative estimate of drug-likeness (QED) is 0.295. The zero-order valence-electron chi connectivity index (χ0n) is 19.3. The minimum Gasteiger partial charge on any atom is -0.361 e. The number of fused-ring (bicyclic) bond motifs is 1. The second kappa shape index (κ2) is 9.40. The summed E-state index contributed by atoms with van der Waals surface area (Å²) < 4.78 is 16.3. The maximum atomic E-state index is 13.3. The first-order valence-corrected chi connectivity index (χ1v) is 19.1. The maximum absolute atomic E-state index is 13.3. The van der Waals surface area contributed by atoms with Crippen molar-refractivity contribution in [2.24, 2.45) is 0 Å². The Hall–Kier alpha value is -0.746. The van der Waals surface area contributed by atoms with Crippen molar-refractivity contribution in [3.8, 4) is 0 Å². The molecule has 0 bridgehead atoms. The molecule has 6 nitrogen and oxygen atoms in total. The predicted molar refractivity (Wildman–Crippen MR) is 132 cm³/mol. The average molecular weight is 515 g/mol. The van der Waals surface area contributed by atoms with E-state index >= 15 is 0 Å². The van der Waals surface area contributed by atoms with Crippen molar-refractivity contribution >= 4 is 43.0 Å². The molecule has 0 unspecified atom stereocenters. The third-order valence-corrected chi connectivity index (χ3v) is 9.72. The summed E-state index contributed by atoms with van der Waals surface area (Å²) in [6.07, 6.45) is 4.04. The summed E-state index contributed by atoms with van der Waals surface area (Å²) >= 11 is 3.76. The maximum Gasteiger partial charge on any atom is 0.278 e. The molecule has 0 aliphatic heterocycles. The molecule has 0 radical (unpaired) electrons. The smallest absolute Gasteiger partial charge is 0.278 e. The van der Waals surface area contributed by atoms with Crippen molar-refractivity contribution in [1.82, 2.24) is 14.3 Å². The van der Waals surface area contributed by atoms with E-state index in [1.165, 1.54) is 4.68 Å². The number of halogens is 1. The Bertz CT molecular complexity index is 940. The molecule has 168 valence electrons. The second-order valence-electron chi connectivity index (χ2n) is 10.8. The molecule has 0 amide bonds. The van der Waals surface area contributed by atoms with E-state index < -0.39 is 16.1 Å². The Kier molecular flexibility index (Phi) is 7.49. The number of rotatable bonds is 11. The third-order valence-electron chi connectivity index (χ3n) is 5.46. The van der Waals surface area contributed by atoms with Crippen molar-refractivity contribution in [2.75, 3.05) is 13.2 Å². The van der Waals surface area contributed by atoms with E-state index in [2.05, 4.69) is 64.9 Å². The summed E-state index contributed by atoms with van der Waals surface area (Å²) in [4.78, 5) is 13.3. The predicted octanol–water partition coefficient (Wildman–Crippen LogP) is 5.46. The molecule has 2 heterocycles. The van der Waals surface area contributed by atoms with Crippen LogP contribution in [0.25, 0.3) is 10.9 Å². The first-order chi connectivity index (χ1) is 14.0. The molecule has 1 aliphatic carbocycles. The van der Waals surface area contributed by atoms with E-state index in [4.69, 9.17) is 9.47 Å². The van der Waals surface area contributed by atoms with Gasteiger partial charge in [-0.05, 0) is 46.8 Å². The Morgan fingerprint density at radius 1 is 1.03 bits per heavy atom. The first-order valence-electron chi connectivity index (χ1n) is 10.9. The molecular formula is C21H36BrN3O3Si2. The van der Waals surface area contributed by atoms with Gasteiger partial charge in [0.1, 0.15) is 13.5 Å². The molecule has 1 fully saturated rings. The fraction of sp³-hybridized carbons (Fsp3) is 0.714. The van der Waals surface area contributed by atoms with Gasteiger partial charge in [-0.1, -0.05) is 39.3 Å². The highest BCUT2D eigenvalue weighted by molar-refractivity contribution is 9.10. The van der Waals surface area contributed by atoms with Gasteiger partial charge in [-0.15, -0.1) is 0 Å². The van der Waals surface area contributed by atoms with Gasteiger partial charge in [0, 0.05) is 34.9 Å². The number of nitrogens with zero attached hydrogens (tertiary/aromatic N) is 3. The normalized spacial score (nSPS) is 15.3. The summed E-state index contributed by atoms with van der Waals surface area (Å²) in [6.45, 7) is 16.1. The van der Waals surface area contributed by atoms with Gasteiger partial charge < -0.3 is 14.0 Å². The van der Waals surface area contributed by atoms with Gasteiger partial charge in [-0.2, -0.15) is 5.10 Å². The summed E-state index contributed by atoms with van der Waals surface area (Å²) in [5.41, 5.74) is 1.89. The molecule has 0 spiro atoms. The zero-order valence-corrected chi connectivity index (χ0v) is 22.8. The van der Waals surface area contributed by atoms with E-state index in [9.17, 15) is 4.79 Å². The fourth-order valence-electron chi connectivity index (χ4n) is 3.32. The van der Waals surface area contributed by atoms with Crippen molar-refractivity contribution in [2.45, 2.75) is 83.6 Å². The molecular weight excluding hydrogens is 478 g/mol. The van der Waals surface area contributed by atoms with Crippen LogP contribution < -0.4 is 5.56 Å². The van der Waals surface area contributed by atoms with Crippen LogP contribution in [0.5, 0.6) is 0 Å². The molecule has 0 atom stereocenters. The van der Waals surface area contributed by atoms with E-state index in [1.807, 2.05) is 0 Å². The summed E-state index contributed by atoms with van der Waals surface area (Å²) in [6, 6.07) is 2.20. The average Bonchev–Trinajstić information content (AvgIpc) is 3.41. The van der Waals surface area contributed by atoms with Crippen LogP contribution in [-0.2, 0) is 22.9 Å². The van der Waals surface area contributed by atoms with Crippen LogP contribution >= 0.6 is 15.9 Å². The van der Waals surface area contributed by atoms with E-state index in [0.717, 1.165) is 52.6 Å². The molecule has 0 aromatic carbocycles. The van der Waals surface area contributed by atoms with Crippen molar-refractivity contribution in [3.63, 3.8) is 0 Å². The fourth-order valence-corrected chi connectivity index (χ4v) is 5.65. The monoisotopic (exact) mass is 513 g/mol. The Morgan fingerprint density at radius 2 is 1.60 bits per heavy atom.